The number of nitrogens with one attached hydrogen (secondary N) is 3. The van der Waals surface area contributed by atoms with E-state index in [1.165, 1.54) is 0 Å². The fraction of sp³-hybridized carbons (Fsp3) is 0.600. The number of carbonyl (C=O) groups is 2. The summed E-state index contributed by atoms with van der Waals surface area (Å²) in [6.07, 6.45) is 4.95. The quantitative estimate of drug-likeness (QED) is 0.636. The number of hydrogen-bond acceptors (Lipinski definition) is 4. The number of likely N-dealkylation sites (tertiary alicyclic amines) is 1. The number of urea groups is 1. The van der Waals surface area contributed by atoms with Crippen LogP contribution in [0.4, 0.5) is 16.2 Å². The lowest BCUT2D eigenvalue weighted by molar-refractivity contribution is -0.120. The Kier molecular flexibility index (Phi) is 6.68. The van der Waals surface area contributed by atoms with Gasteiger partial charge in [-0.15, -0.1) is 0 Å². The van der Waals surface area contributed by atoms with E-state index in [1.807, 2.05) is 12.1 Å². The third-order valence-corrected chi connectivity index (χ3v) is 5.76. The molecule has 0 radical (unpaired) electrons. The second-order valence-electron chi connectivity index (χ2n) is 7.78. The lowest BCUT2D eigenvalue weighted by Crippen LogP contribution is -2.44. The van der Waals surface area contributed by atoms with Gasteiger partial charge in [-0.3, -0.25) is 4.79 Å². The van der Waals surface area contributed by atoms with Crippen LogP contribution >= 0.6 is 0 Å². The number of carbonyl (C=O) groups excluding carboxylic acids is 2. The van der Waals surface area contributed by atoms with Crippen molar-refractivity contribution in [2.24, 2.45) is 17.6 Å². The van der Waals surface area contributed by atoms with Gasteiger partial charge in [0.25, 0.3) is 0 Å². The zero-order chi connectivity index (χ0) is 19.2. The summed E-state index contributed by atoms with van der Waals surface area (Å²) < 4.78 is 0. The molecule has 5 N–H and O–H groups in total. The van der Waals surface area contributed by atoms with Crippen molar-refractivity contribution in [3.8, 4) is 0 Å². The van der Waals surface area contributed by atoms with Crippen molar-refractivity contribution in [1.29, 1.82) is 0 Å². The Morgan fingerprint density at radius 3 is 2.30 bits per heavy atom. The molecule has 0 aromatic heterocycles. The summed E-state index contributed by atoms with van der Waals surface area (Å²) in [5.74, 6) is 0.339. The van der Waals surface area contributed by atoms with Crippen molar-refractivity contribution < 1.29 is 9.59 Å². The van der Waals surface area contributed by atoms with Crippen LogP contribution < -0.4 is 21.7 Å². The number of hydrogen-bond donors (Lipinski definition) is 4. The Balaban J connectivity index is 1.47. The second kappa shape index (κ2) is 9.19. The van der Waals surface area contributed by atoms with Crippen LogP contribution in [0.5, 0.6) is 0 Å². The average molecular weight is 374 g/mol. The Hall–Kier alpha value is -2.12. The lowest BCUT2D eigenvalue weighted by atomic mass is 9.95. The number of rotatable bonds is 5. The van der Waals surface area contributed by atoms with Gasteiger partial charge in [0.1, 0.15) is 0 Å². The molecule has 2 atom stereocenters. The minimum Gasteiger partial charge on any atom is -0.335 e. The van der Waals surface area contributed by atoms with E-state index < -0.39 is 0 Å². The van der Waals surface area contributed by atoms with Crippen molar-refractivity contribution in [2.75, 3.05) is 37.3 Å². The van der Waals surface area contributed by atoms with Crippen molar-refractivity contribution in [3.63, 3.8) is 0 Å². The van der Waals surface area contributed by atoms with Gasteiger partial charge in [-0.05, 0) is 82.5 Å². The molecular weight excluding hydrogens is 342 g/mol. The number of amides is 3. The highest BCUT2D eigenvalue weighted by molar-refractivity contribution is 5.94. The summed E-state index contributed by atoms with van der Waals surface area (Å²) in [6.45, 7) is 2.57. The fourth-order valence-corrected chi connectivity index (χ4v) is 4.04. The Morgan fingerprint density at radius 1 is 1.04 bits per heavy atom. The SMILES string of the molecule is CN1CCC(NC(=O)Nc2ccc(NC(=O)[C@@H]3CCC[C@@H]3CN)cc2)CC1. The Bertz CT molecular complexity index is 640. The Morgan fingerprint density at radius 2 is 1.67 bits per heavy atom. The third kappa shape index (κ3) is 5.43. The predicted octanol–water partition coefficient (Wildman–Crippen LogP) is 2.22. The van der Waals surface area contributed by atoms with Crippen LogP contribution in [0.1, 0.15) is 32.1 Å². The molecule has 0 unspecified atom stereocenters. The first-order valence-corrected chi connectivity index (χ1v) is 9.92. The number of anilines is 2. The molecule has 27 heavy (non-hydrogen) atoms. The standard InChI is InChI=1S/C20H31N5O2/c1-25-11-9-17(10-12-25)24-20(27)23-16-7-5-15(6-8-16)22-19(26)18-4-2-3-14(18)13-21/h5-8,14,17-18H,2-4,9-13,21H2,1H3,(H,22,26)(H2,23,24,27)/t14-,18-/m1/s1. The van der Waals surface area contributed by atoms with E-state index in [2.05, 4.69) is 27.9 Å². The van der Waals surface area contributed by atoms with Crippen molar-refractivity contribution >= 4 is 23.3 Å². The summed E-state index contributed by atoms with van der Waals surface area (Å²) in [5, 5.41) is 8.86. The maximum absolute atomic E-state index is 12.4. The molecule has 2 fully saturated rings. The minimum atomic E-state index is -0.182. The largest absolute Gasteiger partial charge is 0.335 e. The van der Waals surface area contributed by atoms with E-state index in [4.69, 9.17) is 5.73 Å². The third-order valence-electron chi connectivity index (χ3n) is 5.76. The van der Waals surface area contributed by atoms with Crippen molar-refractivity contribution in [3.05, 3.63) is 24.3 Å². The molecule has 1 aromatic rings. The molecule has 3 rings (SSSR count). The van der Waals surface area contributed by atoms with Gasteiger partial charge >= 0.3 is 6.03 Å². The molecule has 1 aliphatic heterocycles. The zero-order valence-corrected chi connectivity index (χ0v) is 16.0. The highest BCUT2D eigenvalue weighted by atomic mass is 16.2. The van der Waals surface area contributed by atoms with Gasteiger partial charge in [0, 0.05) is 23.3 Å². The van der Waals surface area contributed by atoms with Crippen LogP contribution in [0.15, 0.2) is 24.3 Å². The second-order valence-corrected chi connectivity index (χ2v) is 7.78. The van der Waals surface area contributed by atoms with Crippen molar-refractivity contribution in [1.82, 2.24) is 10.2 Å². The first-order valence-electron chi connectivity index (χ1n) is 9.92. The van der Waals surface area contributed by atoms with Gasteiger partial charge in [-0.1, -0.05) is 6.42 Å². The van der Waals surface area contributed by atoms with E-state index in [-0.39, 0.29) is 29.8 Å². The van der Waals surface area contributed by atoms with E-state index in [0.29, 0.717) is 12.2 Å². The normalized spacial score (nSPS) is 23.8. The minimum absolute atomic E-state index is 0.00752. The highest BCUT2D eigenvalue weighted by Gasteiger charge is 2.31. The molecule has 1 aromatic carbocycles. The van der Waals surface area contributed by atoms with E-state index >= 15 is 0 Å². The van der Waals surface area contributed by atoms with Gasteiger partial charge in [0.15, 0.2) is 0 Å². The average Bonchev–Trinajstić information content (AvgIpc) is 3.14. The highest BCUT2D eigenvalue weighted by Crippen LogP contribution is 2.31. The summed E-state index contributed by atoms with van der Waals surface area (Å²) in [7, 11) is 2.10. The summed E-state index contributed by atoms with van der Waals surface area (Å²) in [5.41, 5.74) is 7.21. The van der Waals surface area contributed by atoms with Crippen LogP contribution in [-0.2, 0) is 4.79 Å². The van der Waals surface area contributed by atoms with Crippen LogP contribution in [0, 0.1) is 11.8 Å². The van der Waals surface area contributed by atoms with E-state index in [9.17, 15) is 9.59 Å². The number of piperidine rings is 1. The first-order chi connectivity index (χ1) is 13.0. The van der Waals surface area contributed by atoms with E-state index in [1.54, 1.807) is 12.1 Å². The molecule has 1 aliphatic carbocycles. The number of nitrogens with zero attached hydrogens (tertiary/aromatic N) is 1. The predicted molar refractivity (Wildman–Crippen MR) is 108 cm³/mol. The van der Waals surface area contributed by atoms with Crippen LogP contribution in [-0.4, -0.2) is 49.6 Å². The zero-order valence-electron chi connectivity index (χ0n) is 16.0. The summed E-state index contributed by atoms with van der Waals surface area (Å²) in [4.78, 5) is 26.9. The molecule has 3 amide bonds. The molecule has 1 heterocycles. The number of benzene rings is 1. The molecule has 1 saturated carbocycles. The first kappa shape index (κ1) is 19.6. The number of nitrogens with two attached hydrogens (primary N) is 1. The molecule has 148 valence electrons. The van der Waals surface area contributed by atoms with Gasteiger partial charge in [-0.2, -0.15) is 0 Å². The lowest BCUT2D eigenvalue weighted by Gasteiger charge is -2.29. The summed E-state index contributed by atoms with van der Waals surface area (Å²) >= 11 is 0. The van der Waals surface area contributed by atoms with Gasteiger partial charge in [-0.25, -0.2) is 4.79 Å². The molecule has 0 bridgehead atoms. The van der Waals surface area contributed by atoms with E-state index in [0.717, 1.165) is 50.9 Å². The molecule has 7 heteroatoms. The van der Waals surface area contributed by atoms with Gasteiger partial charge in [0.2, 0.25) is 5.91 Å². The van der Waals surface area contributed by atoms with Crippen LogP contribution in [0.2, 0.25) is 0 Å². The maximum Gasteiger partial charge on any atom is 0.319 e. The fourth-order valence-electron chi connectivity index (χ4n) is 4.04. The van der Waals surface area contributed by atoms with Gasteiger partial charge < -0.3 is 26.6 Å². The summed E-state index contributed by atoms with van der Waals surface area (Å²) in [6, 6.07) is 7.28. The monoisotopic (exact) mass is 373 g/mol. The molecule has 2 aliphatic rings. The molecule has 0 spiro atoms. The topological polar surface area (TPSA) is 99.5 Å². The molecule has 1 saturated heterocycles. The van der Waals surface area contributed by atoms with Crippen molar-refractivity contribution in [2.45, 2.75) is 38.1 Å². The van der Waals surface area contributed by atoms with Crippen LogP contribution in [0.25, 0.3) is 0 Å². The van der Waals surface area contributed by atoms with Gasteiger partial charge in [0.05, 0.1) is 0 Å². The maximum atomic E-state index is 12.4. The van der Waals surface area contributed by atoms with Crippen LogP contribution in [0.3, 0.4) is 0 Å². The smallest absolute Gasteiger partial charge is 0.319 e. The molecule has 7 nitrogen and oxygen atoms in total. The molecular formula is C20H31N5O2. The Labute approximate surface area is 161 Å².